The Hall–Kier alpha value is -2.09. The number of benzene rings is 2. The number of anilines is 1. The van der Waals surface area contributed by atoms with E-state index in [4.69, 9.17) is 0 Å². The van der Waals surface area contributed by atoms with Crippen molar-refractivity contribution in [3.05, 3.63) is 65.7 Å². The van der Waals surface area contributed by atoms with Crippen molar-refractivity contribution in [1.29, 1.82) is 0 Å². The molecule has 0 saturated carbocycles. The van der Waals surface area contributed by atoms with Crippen LogP contribution >= 0.6 is 0 Å². The molecular formula is C19H29NO. The zero-order valence-electron chi connectivity index (χ0n) is 13.8. The number of rotatable bonds is 2. The Morgan fingerprint density at radius 1 is 0.952 bits per heavy atom. The Balaban J connectivity index is 0. The van der Waals surface area contributed by atoms with Gasteiger partial charge in [-0.05, 0) is 31.2 Å². The zero-order chi connectivity index (χ0) is 16.1. The fourth-order valence-electron chi connectivity index (χ4n) is 1.43. The molecule has 0 bridgehead atoms. The van der Waals surface area contributed by atoms with Crippen LogP contribution in [0.1, 0.15) is 51.5 Å². The van der Waals surface area contributed by atoms with Gasteiger partial charge in [0.1, 0.15) is 0 Å². The summed E-state index contributed by atoms with van der Waals surface area (Å²) in [7, 11) is 0. The third-order valence-electron chi connectivity index (χ3n) is 2.35. The summed E-state index contributed by atoms with van der Waals surface area (Å²) in [6.45, 7) is 10.3. The molecule has 0 atom stereocenters. The maximum Gasteiger partial charge on any atom is 0.255 e. The molecule has 0 heterocycles. The van der Waals surface area contributed by atoms with Crippen LogP contribution in [0.5, 0.6) is 0 Å². The van der Waals surface area contributed by atoms with E-state index in [0.29, 0.717) is 5.56 Å². The van der Waals surface area contributed by atoms with Crippen molar-refractivity contribution in [1.82, 2.24) is 0 Å². The van der Waals surface area contributed by atoms with Crippen LogP contribution in [0.15, 0.2) is 54.6 Å². The maximum absolute atomic E-state index is 11.8. The van der Waals surface area contributed by atoms with E-state index in [0.717, 1.165) is 5.69 Å². The van der Waals surface area contributed by atoms with Gasteiger partial charge in [-0.2, -0.15) is 0 Å². The normalized spacial score (nSPS) is 8.62. The SMILES string of the molecule is CC.CCC.Cc1ccc(NC(=O)c2ccccc2)cc1.[HH]. The minimum absolute atomic E-state index is 0. The van der Waals surface area contributed by atoms with Crippen molar-refractivity contribution >= 4 is 11.6 Å². The quantitative estimate of drug-likeness (QED) is 0.728. The lowest BCUT2D eigenvalue weighted by Gasteiger charge is -2.05. The molecule has 1 N–H and O–H groups in total. The predicted octanol–water partition coefficient (Wildman–Crippen LogP) is 5.94. The molecule has 0 aliphatic carbocycles. The van der Waals surface area contributed by atoms with Gasteiger partial charge in [0.05, 0.1) is 0 Å². The number of carbonyl (C=O) groups excluding carboxylic acids is 1. The van der Waals surface area contributed by atoms with E-state index in [2.05, 4.69) is 19.2 Å². The Morgan fingerprint density at radius 2 is 1.43 bits per heavy atom. The molecule has 0 aliphatic heterocycles. The topological polar surface area (TPSA) is 29.1 Å². The van der Waals surface area contributed by atoms with Crippen LogP contribution in [0.4, 0.5) is 5.69 Å². The molecule has 1 amide bonds. The molecule has 116 valence electrons. The molecule has 2 aromatic rings. The lowest BCUT2D eigenvalue weighted by atomic mass is 10.2. The standard InChI is InChI=1S/C14H13NO.C3H8.C2H6.H2/c1-11-7-9-13(10-8-11)15-14(16)12-5-3-2-4-6-12;1-3-2;1-2;/h2-10H,1H3,(H,15,16);3H2,1-2H3;1-2H3;1H. The van der Waals surface area contributed by atoms with Crippen molar-refractivity contribution < 1.29 is 6.22 Å². The second-order valence-corrected chi connectivity index (χ2v) is 4.39. The molecule has 21 heavy (non-hydrogen) atoms. The van der Waals surface area contributed by atoms with Crippen molar-refractivity contribution in [2.24, 2.45) is 0 Å². The summed E-state index contributed by atoms with van der Waals surface area (Å²) in [5.74, 6) is -0.0792. The van der Waals surface area contributed by atoms with Gasteiger partial charge in [0.15, 0.2) is 0 Å². The average molecular weight is 287 g/mol. The van der Waals surface area contributed by atoms with Crippen LogP contribution in [-0.4, -0.2) is 5.91 Å². The largest absolute Gasteiger partial charge is 0.322 e. The van der Waals surface area contributed by atoms with Crippen LogP contribution in [0, 0.1) is 6.92 Å². The van der Waals surface area contributed by atoms with Gasteiger partial charge in [-0.1, -0.05) is 70.0 Å². The Bertz CT molecular complexity index is 495. The second kappa shape index (κ2) is 11.7. The summed E-state index contributed by atoms with van der Waals surface area (Å²) in [5.41, 5.74) is 2.67. The van der Waals surface area contributed by atoms with Crippen molar-refractivity contribution in [3.63, 3.8) is 0 Å². The van der Waals surface area contributed by atoms with E-state index in [1.165, 1.54) is 12.0 Å². The van der Waals surface area contributed by atoms with Gasteiger partial charge in [0.2, 0.25) is 0 Å². The molecule has 0 unspecified atom stereocenters. The van der Waals surface area contributed by atoms with Gasteiger partial charge in [-0.15, -0.1) is 0 Å². The van der Waals surface area contributed by atoms with Crippen LogP contribution in [-0.2, 0) is 0 Å². The summed E-state index contributed by atoms with van der Waals surface area (Å²) >= 11 is 0. The first-order valence-corrected chi connectivity index (χ1v) is 7.60. The van der Waals surface area contributed by atoms with Crippen molar-refractivity contribution in [3.8, 4) is 0 Å². The molecule has 2 heteroatoms. The van der Waals surface area contributed by atoms with Gasteiger partial charge in [0.25, 0.3) is 5.91 Å². The third kappa shape index (κ3) is 7.93. The minimum Gasteiger partial charge on any atom is -0.322 e. The fraction of sp³-hybridized carbons (Fsp3) is 0.316. The van der Waals surface area contributed by atoms with E-state index < -0.39 is 0 Å². The summed E-state index contributed by atoms with van der Waals surface area (Å²) in [4.78, 5) is 11.8. The van der Waals surface area contributed by atoms with E-state index in [9.17, 15) is 4.79 Å². The first-order valence-electron chi connectivity index (χ1n) is 7.60. The van der Waals surface area contributed by atoms with E-state index in [1.807, 2.05) is 63.2 Å². The van der Waals surface area contributed by atoms with Gasteiger partial charge in [0, 0.05) is 12.7 Å². The zero-order valence-corrected chi connectivity index (χ0v) is 13.8. The number of nitrogens with one attached hydrogen (secondary N) is 1. The molecule has 2 aromatic carbocycles. The predicted molar refractivity (Wildman–Crippen MR) is 95.0 cm³/mol. The number of hydrogen-bond donors (Lipinski definition) is 1. The minimum atomic E-state index is -0.0792. The summed E-state index contributed by atoms with van der Waals surface area (Å²) in [5, 5.41) is 2.85. The highest BCUT2D eigenvalue weighted by Crippen LogP contribution is 2.10. The van der Waals surface area contributed by atoms with Crippen LogP contribution in [0.3, 0.4) is 0 Å². The highest BCUT2D eigenvalue weighted by molar-refractivity contribution is 6.04. The van der Waals surface area contributed by atoms with Crippen LogP contribution in [0.25, 0.3) is 0 Å². The van der Waals surface area contributed by atoms with Crippen molar-refractivity contribution in [2.45, 2.75) is 41.0 Å². The maximum atomic E-state index is 11.8. The molecule has 2 rings (SSSR count). The van der Waals surface area contributed by atoms with Gasteiger partial charge >= 0.3 is 0 Å². The first kappa shape index (κ1) is 18.9. The van der Waals surface area contributed by atoms with E-state index in [1.54, 1.807) is 12.1 Å². The van der Waals surface area contributed by atoms with E-state index in [-0.39, 0.29) is 7.33 Å². The first-order chi connectivity index (χ1) is 10.2. The van der Waals surface area contributed by atoms with Crippen LogP contribution < -0.4 is 5.32 Å². The smallest absolute Gasteiger partial charge is 0.255 e. The van der Waals surface area contributed by atoms with Crippen LogP contribution in [0.2, 0.25) is 0 Å². The molecule has 0 aliphatic rings. The molecule has 0 saturated heterocycles. The third-order valence-corrected chi connectivity index (χ3v) is 2.35. The lowest BCUT2D eigenvalue weighted by molar-refractivity contribution is 0.102. The number of amides is 1. The molecule has 0 aromatic heterocycles. The fourth-order valence-corrected chi connectivity index (χ4v) is 1.43. The lowest BCUT2D eigenvalue weighted by Crippen LogP contribution is -2.11. The number of aryl methyl sites for hydroxylation is 1. The highest BCUT2D eigenvalue weighted by Gasteiger charge is 2.03. The number of carbonyl (C=O) groups is 1. The van der Waals surface area contributed by atoms with E-state index >= 15 is 0 Å². The molecule has 0 fully saturated rings. The summed E-state index contributed by atoms with van der Waals surface area (Å²) in [6.07, 6.45) is 1.25. The average Bonchev–Trinajstić information content (AvgIpc) is 2.53. The molecule has 2 nitrogen and oxygen atoms in total. The highest BCUT2D eigenvalue weighted by atomic mass is 16.1. The summed E-state index contributed by atoms with van der Waals surface area (Å²) in [6, 6.07) is 16.9. The molecular weight excluding hydrogens is 258 g/mol. The van der Waals surface area contributed by atoms with Gasteiger partial charge < -0.3 is 5.32 Å². The Morgan fingerprint density at radius 3 is 1.90 bits per heavy atom. The van der Waals surface area contributed by atoms with Crippen molar-refractivity contribution in [2.75, 3.05) is 5.32 Å². The summed E-state index contributed by atoms with van der Waals surface area (Å²) < 4.78 is 0. The monoisotopic (exact) mass is 287 g/mol. The second-order valence-electron chi connectivity index (χ2n) is 4.39. The molecule has 0 spiro atoms. The Labute approximate surface area is 130 Å². The Kier molecular flexibility index (Phi) is 10.5. The van der Waals surface area contributed by atoms with Gasteiger partial charge in [-0.25, -0.2) is 0 Å². The molecule has 0 radical (unpaired) electrons. The van der Waals surface area contributed by atoms with Gasteiger partial charge in [-0.3, -0.25) is 4.79 Å². The number of hydrogen-bond acceptors (Lipinski definition) is 1.